The van der Waals surface area contributed by atoms with Gasteiger partial charge in [-0.2, -0.15) is 0 Å². The van der Waals surface area contributed by atoms with Crippen LogP contribution in [0.3, 0.4) is 0 Å². The van der Waals surface area contributed by atoms with Crippen LogP contribution in [0.4, 0.5) is 11.4 Å². The fourth-order valence-electron chi connectivity index (χ4n) is 5.56. The van der Waals surface area contributed by atoms with Crippen molar-refractivity contribution >= 4 is 63.4 Å². The summed E-state index contributed by atoms with van der Waals surface area (Å²) in [5.74, 6) is 0.755. The molecule has 0 aliphatic carbocycles. The number of azo groups is 1. The number of aromatic nitrogens is 1. The van der Waals surface area contributed by atoms with Crippen LogP contribution in [0.25, 0.3) is 17.0 Å². The second-order valence-electron chi connectivity index (χ2n) is 11.4. The van der Waals surface area contributed by atoms with Crippen molar-refractivity contribution in [3.8, 4) is 11.5 Å². The molecule has 0 unspecified atom stereocenters. The average molecular weight is 708 g/mol. The first-order valence-electron chi connectivity index (χ1n) is 16.1. The smallest absolute Gasteiger partial charge is 0.282 e. The number of methoxy groups -OCH3 is 2. The molecular weight excluding hydrogens is 678 g/mol. The summed E-state index contributed by atoms with van der Waals surface area (Å²) in [4.78, 5) is 36.9. The van der Waals surface area contributed by atoms with Gasteiger partial charge in [-0.05, 0) is 78.9 Å². The molecule has 0 saturated carbocycles. The number of nitrogens with one attached hydrogen (secondary N) is 2. The number of amidine groups is 2. The number of carbonyl (C=O) groups excluding carboxylic acids is 2. The van der Waals surface area contributed by atoms with Crippen LogP contribution in [0, 0.1) is 0 Å². The zero-order valence-corrected chi connectivity index (χ0v) is 28.7. The van der Waals surface area contributed by atoms with Gasteiger partial charge in [-0.3, -0.25) is 14.5 Å². The van der Waals surface area contributed by atoms with Gasteiger partial charge in [0.2, 0.25) is 5.84 Å². The van der Waals surface area contributed by atoms with Crippen molar-refractivity contribution in [1.29, 1.82) is 0 Å². The van der Waals surface area contributed by atoms with E-state index in [0.717, 1.165) is 22.0 Å². The summed E-state index contributed by atoms with van der Waals surface area (Å²) >= 11 is 6.02. The molecule has 6 aromatic rings. The zero-order valence-electron chi connectivity index (χ0n) is 27.9. The molecule has 2 amide bonds. The maximum Gasteiger partial charge on any atom is 0.282 e. The lowest BCUT2D eigenvalue weighted by molar-refractivity contribution is -0.113. The van der Waals surface area contributed by atoms with Crippen LogP contribution in [0.5, 0.6) is 11.5 Å². The highest BCUT2D eigenvalue weighted by Gasteiger charge is 2.32. The van der Waals surface area contributed by atoms with E-state index >= 15 is 0 Å². The van der Waals surface area contributed by atoms with Crippen molar-refractivity contribution < 1.29 is 19.1 Å². The summed E-state index contributed by atoms with van der Waals surface area (Å²) in [5, 5.41) is 14.4. The number of hydrogen-bond donors (Lipinski definition) is 2. The Morgan fingerprint density at radius 3 is 2.31 bits per heavy atom. The Morgan fingerprint density at radius 2 is 1.56 bits per heavy atom. The number of amides is 2. The topological polar surface area (TPSA) is 133 Å². The van der Waals surface area contributed by atoms with Crippen molar-refractivity contribution in [2.75, 3.05) is 19.1 Å². The van der Waals surface area contributed by atoms with Crippen molar-refractivity contribution in [3.05, 3.63) is 160 Å². The van der Waals surface area contributed by atoms with Crippen LogP contribution in [0.1, 0.15) is 27.0 Å². The molecule has 1 aromatic heterocycles. The molecule has 0 spiro atoms. The maximum absolute atomic E-state index is 13.9. The molecule has 0 radical (unpaired) electrons. The summed E-state index contributed by atoms with van der Waals surface area (Å²) < 4.78 is 10.8. The Morgan fingerprint density at radius 1 is 0.846 bits per heavy atom. The van der Waals surface area contributed by atoms with Crippen molar-refractivity contribution in [2.24, 2.45) is 20.3 Å². The van der Waals surface area contributed by atoms with E-state index in [1.165, 1.54) is 14.2 Å². The average Bonchev–Trinajstić information content (AvgIpc) is 3.75. The Balaban J connectivity index is 1.16. The first-order valence-corrected chi connectivity index (χ1v) is 16.4. The molecule has 1 aliphatic rings. The first kappa shape index (κ1) is 33.6. The molecule has 0 fully saturated rings. The highest BCUT2D eigenvalue weighted by molar-refractivity contribution is 6.33. The third-order valence-electron chi connectivity index (χ3n) is 8.19. The predicted octanol–water partition coefficient (Wildman–Crippen LogP) is 8.55. The van der Waals surface area contributed by atoms with Gasteiger partial charge >= 0.3 is 0 Å². The molecule has 7 rings (SSSR count). The number of nitrogens with zero attached hydrogens (tertiary/aromatic N) is 5. The molecule has 0 saturated heterocycles. The summed E-state index contributed by atoms with van der Waals surface area (Å²) in [6.45, 7) is 0. The number of aromatic amines is 1. The number of H-pyrrole nitrogens is 1. The van der Waals surface area contributed by atoms with Gasteiger partial charge in [0, 0.05) is 44.4 Å². The van der Waals surface area contributed by atoms with Gasteiger partial charge in [0.15, 0.2) is 11.5 Å². The number of aliphatic imine (C=N–C) groups is 1. The predicted molar refractivity (Wildman–Crippen MR) is 203 cm³/mol. The Labute approximate surface area is 303 Å². The number of anilines is 1. The molecule has 1 aliphatic heterocycles. The van der Waals surface area contributed by atoms with E-state index in [0.29, 0.717) is 44.9 Å². The number of para-hydroxylation sites is 1. The third-order valence-corrected chi connectivity index (χ3v) is 8.44. The Hall–Kier alpha value is -6.85. The van der Waals surface area contributed by atoms with E-state index < -0.39 is 5.91 Å². The normalized spacial score (nSPS) is 13.9. The fraction of sp³-hybridized carbons (Fsp3) is 0.0500. The monoisotopic (exact) mass is 707 g/mol. The summed E-state index contributed by atoms with van der Waals surface area (Å²) in [6, 6.07) is 35.9. The minimum absolute atomic E-state index is 0.113. The number of carbonyl (C=O) groups is 2. The van der Waals surface area contributed by atoms with Crippen molar-refractivity contribution in [3.63, 3.8) is 0 Å². The van der Waals surface area contributed by atoms with Crippen LogP contribution in [0.15, 0.2) is 154 Å². The number of benzene rings is 5. The maximum atomic E-state index is 13.9. The molecule has 52 heavy (non-hydrogen) atoms. The first-order chi connectivity index (χ1) is 25.4. The summed E-state index contributed by atoms with van der Waals surface area (Å²) in [5.41, 5.74) is 7.33. The standard InChI is InChI=1S/C40H30ClN7O4/c1-51-35-21-14-27(23-36(35)52-2)37(45-44-30-17-15-29(41)16-18-30)46-47-39(49)26-12-19-31(20-13-26)48-38(25-8-4-3-5-9-25)43-34(40(48)50)22-28-24-42-33-11-7-6-10-32(28)33/h3-24,42H,1-2H3,(H,47,49)/b34-22+,45-44?,46-37-. The van der Waals surface area contributed by atoms with Crippen LogP contribution in [-0.2, 0) is 4.79 Å². The lowest BCUT2D eigenvalue weighted by atomic mass is 10.1. The van der Waals surface area contributed by atoms with Gasteiger partial charge in [-0.15, -0.1) is 15.3 Å². The molecule has 0 atom stereocenters. The van der Waals surface area contributed by atoms with E-state index in [-0.39, 0.29) is 17.4 Å². The van der Waals surface area contributed by atoms with Gasteiger partial charge in [-0.25, -0.2) is 10.4 Å². The van der Waals surface area contributed by atoms with Gasteiger partial charge in [-0.1, -0.05) is 60.1 Å². The summed E-state index contributed by atoms with van der Waals surface area (Å²) in [6.07, 6.45) is 3.64. The molecular formula is C40H30ClN7O4. The highest BCUT2D eigenvalue weighted by Crippen LogP contribution is 2.31. The lowest BCUT2D eigenvalue weighted by Gasteiger charge is -2.18. The molecule has 2 heterocycles. The molecule has 2 N–H and O–H groups in total. The van der Waals surface area contributed by atoms with E-state index in [9.17, 15) is 9.59 Å². The van der Waals surface area contributed by atoms with Crippen LogP contribution >= 0.6 is 11.6 Å². The molecule has 11 nitrogen and oxygen atoms in total. The SMILES string of the molecule is COc1ccc(/C(N=Nc2ccc(Cl)cc2)=N/NC(=O)c2ccc(N3C(=O)/C(=C\c4c[nH]c5ccccc45)N=C3c3ccccc3)cc2)cc1OC. The Bertz CT molecular complexity index is 2400. The van der Waals surface area contributed by atoms with E-state index in [1.54, 1.807) is 77.7 Å². The van der Waals surface area contributed by atoms with Crippen molar-refractivity contribution in [2.45, 2.75) is 0 Å². The largest absolute Gasteiger partial charge is 0.493 e. The second-order valence-corrected chi connectivity index (χ2v) is 11.9. The van der Waals surface area contributed by atoms with Crippen LogP contribution in [0.2, 0.25) is 5.02 Å². The summed E-state index contributed by atoms with van der Waals surface area (Å²) in [7, 11) is 3.05. The number of hydrazone groups is 1. The zero-order chi connectivity index (χ0) is 36.0. The molecule has 12 heteroatoms. The van der Waals surface area contributed by atoms with Gasteiger partial charge < -0.3 is 14.5 Å². The van der Waals surface area contributed by atoms with E-state index in [1.807, 2.05) is 60.8 Å². The van der Waals surface area contributed by atoms with Crippen molar-refractivity contribution in [1.82, 2.24) is 10.4 Å². The molecule has 0 bridgehead atoms. The number of rotatable bonds is 9. The lowest BCUT2D eigenvalue weighted by Crippen LogP contribution is -2.32. The minimum Gasteiger partial charge on any atom is -0.493 e. The van der Waals surface area contributed by atoms with Gasteiger partial charge in [0.25, 0.3) is 11.8 Å². The number of ether oxygens (including phenoxy) is 2. The Kier molecular flexibility index (Phi) is 9.67. The van der Waals surface area contributed by atoms with Crippen LogP contribution in [-0.4, -0.2) is 42.7 Å². The van der Waals surface area contributed by atoms with Gasteiger partial charge in [0.05, 0.1) is 25.6 Å². The number of fused-ring (bicyclic) bond motifs is 1. The second kappa shape index (κ2) is 15.0. The van der Waals surface area contributed by atoms with Crippen LogP contribution < -0.4 is 19.8 Å². The van der Waals surface area contributed by atoms with E-state index in [2.05, 4.69) is 25.7 Å². The quantitative estimate of drug-likeness (QED) is 0.0512. The number of halogens is 1. The molecule has 256 valence electrons. The fourth-order valence-corrected chi connectivity index (χ4v) is 5.69. The minimum atomic E-state index is -0.504. The van der Waals surface area contributed by atoms with Gasteiger partial charge in [0.1, 0.15) is 11.5 Å². The third kappa shape index (κ3) is 7.07. The highest BCUT2D eigenvalue weighted by atomic mass is 35.5. The number of hydrogen-bond acceptors (Lipinski definition) is 7. The molecule has 5 aromatic carbocycles. The van der Waals surface area contributed by atoms with E-state index in [4.69, 9.17) is 26.1 Å².